The predicted molar refractivity (Wildman–Crippen MR) is 101 cm³/mol. The highest BCUT2D eigenvalue weighted by Gasteiger charge is 2.40. The summed E-state index contributed by atoms with van der Waals surface area (Å²) in [5.74, 6) is 1.96. The van der Waals surface area contributed by atoms with Crippen LogP contribution in [0.2, 0.25) is 0 Å². The van der Waals surface area contributed by atoms with Crippen LogP contribution in [0.3, 0.4) is 0 Å². The number of pyridine rings is 1. The molecule has 3 aromatic heterocycles. The van der Waals surface area contributed by atoms with Crippen molar-refractivity contribution in [2.24, 2.45) is 13.0 Å². The van der Waals surface area contributed by atoms with Crippen LogP contribution in [0.4, 0.5) is 0 Å². The molecule has 2 unspecified atom stereocenters. The third-order valence-electron chi connectivity index (χ3n) is 4.82. The van der Waals surface area contributed by atoms with E-state index in [1.165, 1.54) is 10.7 Å². The lowest BCUT2D eigenvalue weighted by Crippen LogP contribution is -2.18. The molecular weight excluding hydrogens is 342 g/mol. The lowest BCUT2D eigenvalue weighted by Gasteiger charge is -2.11. The molecule has 1 saturated carbocycles. The molecule has 1 aliphatic carbocycles. The Morgan fingerprint density at radius 1 is 1.19 bits per heavy atom. The molecule has 0 radical (unpaired) electrons. The minimum absolute atomic E-state index is 0.188. The normalized spacial score (nSPS) is 18.3. The Kier molecular flexibility index (Phi) is 4.43. The molecule has 1 fully saturated rings. The van der Waals surface area contributed by atoms with Crippen molar-refractivity contribution in [3.63, 3.8) is 0 Å². The molecule has 0 N–H and O–H groups in total. The van der Waals surface area contributed by atoms with Crippen molar-refractivity contribution in [1.29, 1.82) is 0 Å². The summed E-state index contributed by atoms with van der Waals surface area (Å²) in [6, 6.07) is 5.70. The highest BCUT2D eigenvalue weighted by atomic mass is 16.5. The predicted octanol–water partition coefficient (Wildman–Crippen LogP) is 2.43. The molecule has 4 rings (SSSR count). The molecule has 2 atom stereocenters. The molecule has 27 heavy (non-hydrogen) atoms. The summed E-state index contributed by atoms with van der Waals surface area (Å²) in [6.07, 6.45) is 6.27. The average Bonchev–Trinajstić information content (AvgIpc) is 3.43. The molecule has 0 bridgehead atoms. The molecule has 0 saturated heterocycles. The Hall–Kier alpha value is -3.09. The number of aryl methyl sites for hydroxylation is 3. The van der Waals surface area contributed by atoms with Gasteiger partial charge in [0.1, 0.15) is 5.82 Å². The monoisotopic (exact) mass is 363 g/mol. The molecule has 0 aliphatic heterocycles. The second-order valence-corrected chi connectivity index (χ2v) is 7.02. The van der Waals surface area contributed by atoms with E-state index in [0.29, 0.717) is 41.3 Å². The standard InChI is InChI=1S/C20H21N5O2/c1-12-4-5-18(22-8-12)16-6-15(16)11-27-20-17(10-21-13(2)24-20)14-7-19(26)25(3)23-9-14/h4-5,7-10,15-16H,6,11H2,1-3H3. The Balaban J connectivity index is 1.51. The van der Waals surface area contributed by atoms with Gasteiger partial charge in [0.25, 0.3) is 5.56 Å². The first kappa shape index (κ1) is 17.3. The third-order valence-corrected chi connectivity index (χ3v) is 4.82. The van der Waals surface area contributed by atoms with Crippen LogP contribution in [0.25, 0.3) is 11.1 Å². The van der Waals surface area contributed by atoms with Crippen LogP contribution in [0.5, 0.6) is 5.88 Å². The number of aromatic nitrogens is 5. The SMILES string of the molecule is Cc1ccc(C2CC2COc2nc(C)ncc2-c2cnn(C)c(=O)c2)nc1. The fourth-order valence-corrected chi connectivity index (χ4v) is 3.05. The summed E-state index contributed by atoms with van der Waals surface area (Å²) in [4.78, 5) is 25.1. The summed E-state index contributed by atoms with van der Waals surface area (Å²) < 4.78 is 7.31. The highest BCUT2D eigenvalue weighted by Crippen LogP contribution is 2.46. The topological polar surface area (TPSA) is 82.8 Å². The van der Waals surface area contributed by atoms with Crippen LogP contribution >= 0.6 is 0 Å². The van der Waals surface area contributed by atoms with Crippen molar-refractivity contribution >= 4 is 0 Å². The minimum Gasteiger partial charge on any atom is -0.477 e. The van der Waals surface area contributed by atoms with Gasteiger partial charge in [-0.15, -0.1) is 0 Å². The van der Waals surface area contributed by atoms with Gasteiger partial charge in [-0.25, -0.2) is 9.67 Å². The van der Waals surface area contributed by atoms with Crippen molar-refractivity contribution in [2.45, 2.75) is 26.2 Å². The van der Waals surface area contributed by atoms with Gasteiger partial charge in [-0.3, -0.25) is 9.78 Å². The van der Waals surface area contributed by atoms with E-state index in [9.17, 15) is 4.79 Å². The van der Waals surface area contributed by atoms with Crippen LogP contribution < -0.4 is 10.3 Å². The van der Waals surface area contributed by atoms with Gasteiger partial charge in [-0.2, -0.15) is 10.1 Å². The lowest BCUT2D eigenvalue weighted by molar-refractivity contribution is 0.285. The fraction of sp³-hybridized carbons (Fsp3) is 0.350. The fourth-order valence-electron chi connectivity index (χ4n) is 3.05. The van der Waals surface area contributed by atoms with Crippen molar-refractivity contribution in [3.8, 4) is 17.0 Å². The number of ether oxygens (including phenoxy) is 1. The third kappa shape index (κ3) is 3.72. The van der Waals surface area contributed by atoms with Crippen LogP contribution in [-0.2, 0) is 7.05 Å². The molecule has 7 nitrogen and oxygen atoms in total. The Labute approximate surface area is 157 Å². The van der Waals surface area contributed by atoms with Crippen molar-refractivity contribution in [1.82, 2.24) is 24.7 Å². The van der Waals surface area contributed by atoms with Crippen LogP contribution in [0.15, 0.2) is 41.6 Å². The van der Waals surface area contributed by atoms with Gasteiger partial charge in [-0.1, -0.05) is 6.07 Å². The molecule has 138 valence electrons. The van der Waals surface area contributed by atoms with E-state index < -0.39 is 0 Å². The first-order valence-corrected chi connectivity index (χ1v) is 8.94. The smallest absolute Gasteiger partial charge is 0.267 e. The molecule has 0 spiro atoms. The minimum atomic E-state index is -0.188. The van der Waals surface area contributed by atoms with Gasteiger partial charge >= 0.3 is 0 Å². The van der Waals surface area contributed by atoms with E-state index in [-0.39, 0.29) is 5.56 Å². The summed E-state index contributed by atoms with van der Waals surface area (Å²) in [5.41, 5.74) is 3.42. The van der Waals surface area contributed by atoms with E-state index in [4.69, 9.17) is 4.74 Å². The lowest BCUT2D eigenvalue weighted by atomic mass is 10.1. The number of hydrogen-bond donors (Lipinski definition) is 0. The zero-order valence-corrected chi connectivity index (χ0v) is 15.6. The summed E-state index contributed by atoms with van der Waals surface area (Å²) in [6.45, 7) is 4.41. The first-order valence-electron chi connectivity index (χ1n) is 8.94. The van der Waals surface area contributed by atoms with E-state index >= 15 is 0 Å². The van der Waals surface area contributed by atoms with Gasteiger partial charge in [0, 0.05) is 48.6 Å². The van der Waals surface area contributed by atoms with E-state index in [1.54, 1.807) is 19.4 Å². The van der Waals surface area contributed by atoms with Crippen LogP contribution in [-0.4, -0.2) is 31.3 Å². The molecular formula is C20H21N5O2. The Morgan fingerprint density at radius 2 is 2.04 bits per heavy atom. The van der Waals surface area contributed by atoms with Gasteiger partial charge < -0.3 is 4.74 Å². The summed E-state index contributed by atoms with van der Waals surface area (Å²) >= 11 is 0. The van der Waals surface area contributed by atoms with Crippen LogP contribution in [0.1, 0.15) is 29.4 Å². The van der Waals surface area contributed by atoms with Gasteiger partial charge in [0.05, 0.1) is 18.4 Å². The maximum absolute atomic E-state index is 11.9. The molecule has 7 heteroatoms. The molecule has 1 aliphatic rings. The largest absolute Gasteiger partial charge is 0.477 e. The number of nitrogens with zero attached hydrogens (tertiary/aromatic N) is 5. The number of rotatable bonds is 5. The van der Waals surface area contributed by atoms with Gasteiger partial charge in [0.2, 0.25) is 5.88 Å². The van der Waals surface area contributed by atoms with E-state index in [0.717, 1.165) is 17.7 Å². The van der Waals surface area contributed by atoms with Crippen molar-refractivity contribution < 1.29 is 4.74 Å². The molecule has 0 aromatic carbocycles. The molecule has 3 heterocycles. The summed E-state index contributed by atoms with van der Waals surface area (Å²) in [5, 5.41) is 4.07. The quantitative estimate of drug-likeness (QED) is 0.692. The van der Waals surface area contributed by atoms with Gasteiger partial charge in [-0.05, 0) is 31.9 Å². The average molecular weight is 363 g/mol. The highest BCUT2D eigenvalue weighted by molar-refractivity contribution is 5.66. The maximum atomic E-state index is 11.9. The van der Waals surface area contributed by atoms with E-state index in [2.05, 4.69) is 32.2 Å². The summed E-state index contributed by atoms with van der Waals surface area (Å²) in [7, 11) is 1.61. The Bertz CT molecular complexity index is 1030. The second kappa shape index (κ2) is 6.90. The Morgan fingerprint density at radius 3 is 2.78 bits per heavy atom. The van der Waals surface area contributed by atoms with Crippen molar-refractivity contribution in [2.75, 3.05) is 6.61 Å². The zero-order valence-electron chi connectivity index (χ0n) is 15.6. The van der Waals surface area contributed by atoms with E-state index in [1.807, 2.05) is 20.0 Å². The zero-order chi connectivity index (χ0) is 19.0. The van der Waals surface area contributed by atoms with Gasteiger partial charge in [0.15, 0.2) is 0 Å². The van der Waals surface area contributed by atoms with Crippen LogP contribution in [0, 0.1) is 19.8 Å². The van der Waals surface area contributed by atoms with Crippen molar-refractivity contribution in [3.05, 3.63) is 64.2 Å². The second-order valence-electron chi connectivity index (χ2n) is 7.02. The maximum Gasteiger partial charge on any atom is 0.267 e. The first-order chi connectivity index (χ1) is 13.0. The molecule has 3 aromatic rings. The number of hydrogen-bond acceptors (Lipinski definition) is 6. The molecule has 0 amide bonds.